The molecule has 4 unspecified atom stereocenters. The summed E-state index contributed by atoms with van der Waals surface area (Å²) in [5.74, 6) is 0.569. The number of benzene rings is 1. The van der Waals surface area contributed by atoms with Crippen molar-refractivity contribution in [3.05, 3.63) is 35.4 Å². The molecule has 0 aliphatic heterocycles. The van der Waals surface area contributed by atoms with Crippen molar-refractivity contribution in [2.75, 3.05) is 20.3 Å². The lowest BCUT2D eigenvalue weighted by Crippen LogP contribution is -2.50. The van der Waals surface area contributed by atoms with E-state index in [0.29, 0.717) is 18.0 Å². The highest BCUT2D eigenvalue weighted by Crippen LogP contribution is 2.38. The van der Waals surface area contributed by atoms with Gasteiger partial charge in [0.05, 0.1) is 6.61 Å². The van der Waals surface area contributed by atoms with E-state index in [1.54, 1.807) is 7.11 Å². The van der Waals surface area contributed by atoms with E-state index in [4.69, 9.17) is 10.5 Å². The summed E-state index contributed by atoms with van der Waals surface area (Å²) in [6.07, 6.45) is 1.13. The highest BCUT2D eigenvalue weighted by Gasteiger charge is 2.35. The van der Waals surface area contributed by atoms with Crippen LogP contribution in [0, 0.1) is 0 Å². The Bertz CT molecular complexity index is 435. The summed E-state index contributed by atoms with van der Waals surface area (Å²) in [4.78, 5) is 2.50. The Kier molecular flexibility index (Phi) is 5.19. The van der Waals surface area contributed by atoms with Crippen LogP contribution in [-0.4, -0.2) is 37.2 Å². The van der Waals surface area contributed by atoms with E-state index >= 15 is 0 Å². The zero-order chi connectivity index (χ0) is 14.7. The largest absolute Gasteiger partial charge is 0.383 e. The van der Waals surface area contributed by atoms with Crippen LogP contribution in [0.2, 0.25) is 0 Å². The summed E-state index contributed by atoms with van der Waals surface area (Å²) >= 11 is 0. The van der Waals surface area contributed by atoms with Gasteiger partial charge in [0.15, 0.2) is 0 Å². The van der Waals surface area contributed by atoms with Crippen LogP contribution >= 0.6 is 0 Å². The Labute approximate surface area is 123 Å². The topological polar surface area (TPSA) is 38.5 Å². The molecule has 20 heavy (non-hydrogen) atoms. The fourth-order valence-corrected chi connectivity index (χ4v) is 3.66. The first-order valence-corrected chi connectivity index (χ1v) is 7.69. The molecule has 0 amide bonds. The number of nitrogens with zero attached hydrogens (tertiary/aromatic N) is 1. The molecule has 1 aliphatic rings. The molecule has 0 spiro atoms. The lowest BCUT2D eigenvalue weighted by Gasteiger charge is -2.43. The second-order valence-corrected chi connectivity index (χ2v) is 5.99. The molecule has 1 aromatic rings. The Morgan fingerprint density at radius 3 is 2.60 bits per heavy atom. The van der Waals surface area contributed by atoms with Gasteiger partial charge in [0.25, 0.3) is 0 Å². The predicted octanol–water partition coefficient (Wildman–Crippen LogP) is 2.92. The second kappa shape index (κ2) is 6.70. The van der Waals surface area contributed by atoms with Crippen LogP contribution in [0.3, 0.4) is 0 Å². The maximum Gasteiger partial charge on any atom is 0.0615 e. The van der Waals surface area contributed by atoms with Crippen LogP contribution in [0.25, 0.3) is 0 Å². The summed E-state index contributed by atoms with van der Waals surface area (Å²) in [6, 6.07) is 9.54. The van der Waals surface area contributed by atoms with Crippen molar-refractivity contribution in [1.29, 1.82) is 0 Å². The molecule has 0 radical (unpaired) electrons. The fraction of sp³-hybridized carbons (Fsp3) is 0.647. The molecule has 4 atom stereocenters. The Hall–Kier alpha value is -0.900. The highest BCUT2D eigenvalue weighted by molar-refractivity contribution is 5.36. The minimum absolute atomic E-state index is 0.0988. The fourth-order valence-electron chi connectivity index (χ4n) is 3.66. The van der Waals surface area contributed by atoms with Crippen LogP contribution < -0.4 is 5.73 Å². The standard InChI is InChI=1S/C17H28N2O/c1-5-19(13(3)11-20-4)16-10-12(2)14-8-6-7-9-15(14)17(16)18/h6-9,12-13,16-17H,5,10-11,18H2,1-4H3. The number of hydrogen-bond acceptors (Lipinski definition) is 3. The van der Waals surface area contributed by atoms with Crippen molar-refractivity contribution in [2.45, 2.75) is 51.2 Å². The molecular formula is C17H28N2O. The van der Waals surface area contributed by atoms with E-state index in [9.17, 15) is 0 Å². The van der Waals surface area contributed by atoms with Crippen molar-refractivity contribution >= 4 is 0 Å². The van der Waals surface area contributed by atoms with E-state index in [1.165, 1.54) is 11.1 Å². The number of ether oxygens (including phenoxy) is 1. The summed E-state index contributed by atoms with van der Waals surface area (Å²) in [7, 11) is 1.77. The van der Waals surface area contributed by atoms with Gasteiger partial charge in [-0.3, -0.25) is 4.90 Å². The molecule has 0 saturated carbocycles. The maximum absolute atomic E-state index is 6.58. The Morgan fingerprint density at radius 1 is 1.35 bits per heavy atom. The second-order valence-electron chi connectivity index (χ2n) is 5.99. The van der Waals surface area contributed by atoms with Gasteiger partial charge in [-0.2, -0.15) is 0 Å². The van der Waals surface area contributed by atoms with E-state index in [1.807, 2.05) is 0 Å². The molecule has 2 rings (SSSR count). The number of hydrogen-bond donors (Lipinski definition) is 1. The molecule has 112 valence electrons. The third kappa shape index (κ3) is 2.90. The summed E-state index contributed by atoms with van der Waals surface area (Å²) in [5, 5.41) is 0. The lowest BCUT2D eigenvalue weighted by atomic mass is 9.77. The van der Waals surface area contributed by atoms with Gasteiger partial charge in [0.2, 0.25) is 0 Å². The molecule has 0 heterocycles. The van der Waals surface area contributed by atoms with Gasteiger partial charge in [0.1, 0.15) is 0 Å². The monoisotopic (exact) mass is 276 g/mol. The predicted molar refractivity (Wildman–Crippen MR) is 83.9 cm³/mol. The van der Waals surface area contributed by atoms with Gasteiger partial charge >= 0.3 is 0 Å². The number of nitrogens with two attached hydrogens (primary N) is 1. The number of rotatable bonds is 5. The smallest absolute Gasteiger partial charge is 0.0615 e. The molecule has 1 aromatic carbocycles. The van der Waals surface area contributed by atoms with E-state index < -0.39 is 0 Å². The zero-order valence-electron chi connectivity index (χ0n) is 13.2. The van der Waals surface area contributed by atoms with Crippen LogP contribution in [0.15, 0.2) is 24.3 Å². The van der Waals surface area contributed by atoms with E-state index in [0.717, 1.165) is 19.6 Å². The van der Waals surface area contributed by atoms with Gasteiger partial charge < -0.3 is 10.5 Å². The molecule has 0 saturated heterocycles. The highest BCUT2D eigenvalue weighted by atomic mass is 16.5. The first-order chi connectivity index (χ1) is 9.60. The molecule has 3 heteroatoms. The molecule has 1 aliphatic carbocycles. The first-order valence-electron chi connectivity index (χ1n) is 7.69. The third-order valence-corrected chi connectivity index (χ3v) is 4.66. The van der Waals surface area contributed by atoms with Crippen LogP contribution in [0.4, 0.5) is 0 Å². The quantitative estimate of drug-likeness (QED) is 0.898. The zero-order valence-corrected chi connectivity index (χ0v) is 13.2. The van der Waals surface area contributed by atoms with Crippen molar-refractivity contribution in [1.82, 2.24) is 4.90 Å². The minimum Gasteiger partial charge on any atom is -0.383 e. The Balaban J connectivity index is 2.26. The van der Waals surface area contributed by atoms with Crippen LogP contribution in [0.5, 0.6) is 0 Å². The van der Waals surface area contributed by atoms with Gasteiger partial charge in [0, 0.05) is 25.2 Å². The molecule has 3 nitrogen and oxygen atoms in total. The summed E-state index contributed by atoms with van der Waals surface area (Å²) in [6.45, 7) is 8.52. The van der Waals surface area contributed by atoms with Crippen molar-refractivity contribution < 1.29 is 4.74 Å². The van der Waals surface area contributed by atoms with Crippen molar-refractivity contribution in [2.24, 2.45) is 5.73 Å². The molecular weight excluding hydrogens is 248 g/mol. The summed E-state index contributed by atoms with van der Waals surface area (Å²) in [5.41, 5.74) is 9.32. The molecule has 0 fully saturated rings. The van der Waals surface area contributed by atoms with Gasteiger partial charge in [-0.05, 0) is 36.9 Å². The maximum atomic E-state index is 6.58. The minimum atomic E-state index is 0.0988. The van der Waals surface area contributed by atoms with Crippen LogP contribution in [-0.2, 0) is 4.74 Å². The van der Waals surface area contributed by atoms with E-state index in [-0.39, 0.29) is 6.04 Å². The van der Waals surface area contributed by atoms with E-state index in [2.05, 4.69) is 49.9 Å². The molecule has 0 aromatic heterocycles. The summed E-state index contributed by atoms with van der Waals surface area (Å²) < 4.78 is 5.33. The van der Waals surface area contributed by atoms with Gasteiger partial charge in [-0.25, -0.2) is 0 Å². The van der Waals surface area contributed by atoms with Gasteiger partial charge in [-0.15, -0.1) is 0 Å². The van der Waals surface area contributed by atoms with Crippen molar-refractivity contribution in [3.63, 3.8) is 0 Å². The first kappa shape index (κ1) is 15.5. The average molecular weight is 276 g/mol. The SMILES string of the molecule is CCN(C(C)COC)C1CC(C)c2ccccc2C1N. The normalized spacial score (nSPS) is 27.4. The average Bonchev–Trinajstić information content (AvgIpc) is 2.45. The Morgan fingerprint density at radius 2 is 2.00 bits per heavy atom. The van der Waals surface area contributed by atoms with Crippen LogP contribution in [0.1, 0.15) is 50.3 Å². The number of fused-ring (bicyclic) bond motifs is 1. The van der Waals surface area contributed by atoms with Crippen molar-refractivity contribution in [3.8, 4) is 0 Å². The number of methoxy groups -OCH3 is 1. The lowest BCUT2D eigenvalue weighted by molar-refractivity contribution is 0.0549. The number of likely N-dealkylation sites (N-methyl/N-ethyl adjacent to an activating group) is 1. The third-order valence-electron chi connectivity index (χ3n) is 4.66. The molecule has 2 N–H and O–H groups in total. The van der Waals surface area contributed by atoms with Gasteiger partial charge in [-0.1, -0.05) is 38.1 Å². The molecule has 0 bridgehead atoms.